The molecular formula is C20H24FN7S2. The summed E-state index contributed by atoms with van der Waals surface area (Å²) >= 11 is 1.59. The van der Waals surface area contributed by atoms with Gasteiger partial charge in [-0.05, 0) is 57.4 Å². The lowest BCUT2D eigenvalue weighted by atomic mass is 10.1. The van der Waals surface area contributed by atoms with Crippen molar-refractivity contribution < 1.29 is 3.89 Å². The van der Waals surface area contributed by atoms with E-state index in [2.05, 4.69) is 36.1 Å². The van der Waals surface area contributed by atoms with Gasteiger partial charge in [-0.15, -0.1) is 6.58 Å². The number of halogens is 1. The Morgan fingerprint density at radius 3 is 2.80 bits per heavy atom. The quantitative estimate of drug-likeness (QED) is 0.157. The summed E-state index contributed by atoms with van der Waals surface area (Å²) in [4.78, 5) is 22.2. The van der Waals surface area contributed by atoms with Crippen LogP contribution >= 0.6 is 23.9 Å². The van der Waals surface area contributed by atoms with E-state index in [-0.39, 0.29) is 12.1 Å². The Morgan fingerprint density at radius 1 is 1.27 bits per heavy atom. The van der Waals surface area contributed by atoms with Crippen LogP contribution in [-0.2, 0) is 6.54 Å². The Labute approximate surface area is 183 Å². The third kappa shape index (κ3) is 5.17. The molecule has 3 heterocycles. The largest absolute Gasteiger partial charge is 0.382 e. The number of hydrogen-bond donors (Lipinski definition) is 1. The molecule has 2 N–H and O–H groups in total. The van der Waals surface area contributed by atoms with Gasteiger partial charge in [0.1, 0.15) is 6.33 Å². The van der Waals surface area contributed by atoms with Crippen molar-refractivity contribution in [2.24, 2.45) is 4.99 Å². The molecule has 0 aliphatic rings. The molecule has 0 atom stereocenters. The standard InChI is InChI=1S/C20H24FN7S2/c1-12(2)7-5-6-8-28-19-17(18(22)24-11-25-19)27-20(28)29-14(4)26-15-9-23-10-16(30-21)13(15)3/h9-11H,1,5-8H2,2-4H3,(H2,22,24,25). The van der Waals surface area contributed by atoms with E-state index in [1.54, 1.807) is 6.20 Å². The highest BCUT2D eigenvalue weighted by Gasteiger charge is 2.16. The average molecular weight is 446 g/mol. The van der Waals surface area contributed by atoms with Gasteiger partial charge >= 0.3 is 0 Å². The number of aliphatic imine (C=N–C) groups is 1. The summed E-state index contributed by atoms with van der Waals surface area (Å²) in [5, 5.41) is 1.50. The summed E-state index contributed by atoms with van der Waals surface area (Å²) in [7, 11) is 0. The summed E-state index contributed by atoms with van der Waals surface area (Å²) in [6.45, 7) is 10.5. The topological polar surface area (TPSA) is 94.9 Å². The highest BCUT2D eigenvalue weighted by Crippen LogP contribution is 2.31. The number of pyridine rings is 1. The Balaban J connectivity index is 1.90. The van der Waals surface area contributed by atoms with Crippen molar-refractivity contribution in [3.05, 3.63) is 36.4 Å². The first-order chi connectivity index (χ1) is 14.4. The van der Waals surface area contributed by atoms with Gasteiger partial charge in [0.15, 0.2) is 22.1 Å². The van der Waals surface area contributed by atoms with Gasteiger partial charge in [0.2, 0.25) is 0 Å². The number of unbranched alkanes of at least 4 members (excludes halogenated alkanes) is 1. The molecule has 0 aliphatic heterocycles. The lowest BCUT2D eigenvalue weighted by Crippen LogP contribution is -2.03. The van der Waals surface area contributed by atoms with Crippen molar-refractivity contribution in [1.29, 1.82) is 0 Å². The lowest BCUT2D eigenvalue weighted by Gasteiger charge is -2.09. The van der Waals surface area contributed by atoms with Crippen LogP contribution in [0.3, 0.4) is 0 Å². The number of nitrogens with two attached hydrogens (primary N) is 1. The fourth-order valence-corrected chi connectivity index (χ4v) is 4.07. The van der Waals surface area contributed by atoms with Crippen molar-refractivity contribution in [1.82, 2.24) is 24.5 Å². The summed E-state index contributed by atoms with van der Waals surface area (Å²) in [5.74, 6) is 0.352. The summed E-state index contributed by atoms with van der Waals surface area (Å²) < 4.78 is 15.1. The summed E-state index contributed by atoms with van der Waals surface area (Å²) in [5.41, 5.74) is 9.86. The third-order valence-electron chi connectivity index (χ3n) is 4.50. The van der Waals surface area contributed by atoms with E-state index < -0.39 is 0 Å². The second-order valence-corrected chi connectivity index (χ2v) is 8.74. The molecule has 0 fully saturated rings. The number of nitrogen functional groups attached to an aromatic ring is 1. The van der Waals surface area contributed by atoms with Gasteiger partial charge in [0.05, 0.1) is 34.0 Å². The van der Waals surface area contributed by atoms with Crippen molar-refractivity contribution in [2.75, 3.05) is 5.73 Å². The molecule has 0 amide bonds. The van der Waals surface area contributed by atoms with Crippen LogP contribution in [0.1, 0.15) is 38.7 Å². The molecule has 3 rings (SSSR count). The number of allylic oxidation sites excluding steroid dienone is 1. The zero-order valence-corrected chi connectivity index (χ0v) is 18.9. The zero-order valence-electron chi connectivity index (χ0n) is 17.2. The van der Waals surface area contributed by atoms with Crippen LogP contribution in [0, 0.1) is 6.92 Å². The summed E-state index contributed by atoms with van der Waals surface area (Å²) in [6.07, 6.45) is 7.56. The fraction of sp³-hybridized carbons (Fsp3) is 0.350. The van der Waals surface area contributed by atoms with Gasteiger partial charge in [-0.1, -0.05) is 5.57 Å². The lowest BCUT2D eigenvalue weighted by molar-refractivity contribution is 0.581. The SMILES string of the molecule is C=C(C)CCCCn1c(SC(C)=Nc2cncc(SF)c2C)nc2c(N)ncnc21. The van der Waals surface area contributed by atoms with Gasteiger partial charge in [0.25, 0.3) is 0 Å². The molecule has 0 bridgehead atoms. The predicted octanol–water partition coefficient (Wildman–Crippen LogP) is 5.68. The van der Waals surface area contributed by atoms with E-state index in [9.17, 15) is 3.89 Å². The molecule has 158 valence electrons. The van der Waals surface area contributed by atoms with Gasteiger partial charge < -0.3 is 10.3 Å². The average Bonchev–Trinajstić information content (AvgIpc) is 3.05. The van der Waals surface area contributed by atoms with E-state index >= 15 is 0 Å². The van der Waals surface area contributed by atoms with Crippen molar-refractivity contribution >= 4 is 51.6 Å². The van der Waals surface area contributed by atoms with Crippen LogP contribution in [0.2, 0.25) is 0 Å². The van der Waals surface area contributed by atoms with Crippen LogP contribution in [0.15, 0.2) is 45.9 Å². The highest BCUT2D eigenvalue weighted by molar-refractivity contribution is 8.13. The van der Waals surface area contributed by atoms with Gasteiger partial charge in [-0.2, -0.15) is 3.89 Å². The second-order valence-electron chi connectivity index (χ2n) is 6.98. The molecule has 30 heavy (non-hydrogen) atoms. The number of thioether (sulfide) groups is 1. The minimum atomic E-state index is 0.171. The van der Waals surface area contributed by atoms with E-state index in [1.807, 2.05) is 20.8 Å². The first-order valence-electron chi connectivity index (χ1n) is 9.48. The Bertz CT molecular complexity index is 1090. The summed E-state index contributed by atoms with van der Waals surface area (Å²) in [6, 6.07) is 0. The normalized spacial score (nSPS) is 11.9. The number of aryl methyl sites for hydroxylation is 1. The monoisotopic (exact) mass is 445 g/mol. The van der Waals surface area contributed by atoms with Crippen LogP contribution in [0.4, 0.5) is 15.4 Å². The molecule has 0 aliphatic carbocycles. The fourth-order valence-electron chi connectivity index (χ4n) is 2.92. The maximum Gasteiger partial charge on any atom is 0.176 e. The zero-order chi connectivity index (χ0) is 21.7. The minimum absolute atomic E-state index is 0.171. The second kappa shape index (κ2) is 10.0. The minimum Gasteiger partial charge on any atom is -0.382 e. The third-order valence-corrected chi connectivity index (χ3v) is 5.96. The van der Waals surface area contributed by atoms with Crippen molar-refractivity contribution in [3.63, 3.8) is 0 Å². The van der Waals surface area contributed by atoms with E-state index in [4.69, 9.17) is 5.73 Å². The van der Waals surface area contributed by atoms with Crippen molar-refractivity contribution in [2.45, 2.75) is 56.6 Å². The number of imidazole rings is 1. The number of hydrogen-bond acceptors (Lipinski definition) is 8. The Hall–Kier alpha value is -2.46. The van der Waals surface area contributed by atoms with Crippen LogP contribution in [-0.4, -0.2) is 29.5 Å². The van der Waals surface area contributed by atoms with Gasteiger partial charge in [0, 0.05) is 12.7 Å². The molecule has 0 saturated carbocycles. The maximum absolute atomic E-state index is 13.0. The van der Waals surface area contributed by atoms with Gasteiger partial charge in [-0.3, -0.25) is 4.98 Å². The molecule has 0 saturated heterocycles. The van der Waals surface area contributed by atoms with Crippen molar-refractivity contribution in [3.8, 4) is 0 Å². The number of aromatic nitrogens is 5. The molecule has 3 aromatic rings. The Morgan fingerprint density at radius 2 is 2.07 bits per heavy atom. The van der Waals surface area contributed by atoms with Crippen LogP contribution in [0.5, 0.6) is 0 Å². The highest BCUT2D eigenvalue weighted by atomic mass is 32.2. The van der Waals surface area contributed by atoms with E-state index in [1.165, 1.54) is 29.9 Å². The molecule has 0 aromatic carbocycles. The molecule has 3 aromatic heterocycles. The van der Waals surface area contributed by atoms with Crippen LogP contribution in [0.25, 0.3) is 11.2 Å². The maximum atomic E-state index is 13.0. The number of anilines is 1. The number of fused-ring (bicyclic) bond motifs is 1. The molecular weight excluding hydrogens is 421 g/mol. The Kier molecular flexibility index (Phi) is 7.43. The number of nitrogens with zero attached hydrogens (tertiary/aromatic N) is 6. The van der Waals surface area contributed by atoms with E-state index in [0.29, 0.717) is 27.6 Å². The predicted molar refractivity (Wildman–Crippen MR) is 123 cm³/mol. The van der Waals surface area contributed by atoms with Gasteiger partial charge in [-0.25, -0.2) is 19.9 Å². The molecule has 0 radical (unpaired) electrons. The molecule has 0 unspecified atom stereocenters. The smallest absolute Gasteiger partial charge is 0.176 e. The van der Waals surface area contributed by atoms with E-state index in [0.717, 1.165) is 41.6 Å². The molecule has 7 nitrogen and oxygen atoms in total. The molecule has 0 spiro atoms. The molecule has 10 heteroatoms. The first-order valence-corrected chi connectivity index (χ1v) is 11.0. The first kappa shape index (κ1) is 22.2. The van der Waals surface area contributed by atoms with Crippen LogP contribution < -0.4 is 5.73 Å². The number of rotatable bonds is 8.